The van der Waals surface area contributed by atoms with Crippen LogP contribution in [0.1, 0.15) is 35.8 Å². The highest BCUT2D eigenvalue weighted by Crippen LogP contribution is 2.15. The van der Waals surface area contributed by atoms with Crippen molar-refractivity contribution < 1.29 is 14.3 Å². The fraction of sp³-hybridized carbons (Fsp3) is 0.227. The molecule has 0 bridgehead atoms. The fourth-order valence-corrected chi connectivity index (χ4v) is 2.91. The minimum absolute atomic E-state index is 0.0134. The van der Waals surface area contributed by atoms with Gasteiger partial charge in [0.2, 0.25) is 0 Å². The van der Waals surface area contributed by atoms with Crippen LogP contribution >= 0.6 is 0 Å². The first kappa shape index (κ1) is 20.7. The van der Waals surface area contributed by atoms with Crippen LogP contribution in [0.3, 0.4) is 0 Å². The van der Waals surface area contributed by atoms with Crippen molar-refractivity contribution in [2.45, 2.75) is 26.3 Å². The molecule has 0 aliphatic carbocycles. The number of unbranched alkanes of at least 4 members (excludes halogenated alkanes) is 1. The molecule has 8 heteroatoms. The van der Waals surface area contributed by atoms with E-state index in [2.05, 4.69) is 10.4 Å². The number of nitriles is 1. The number of esters is 1. The maximum atomic E-state index is 12.6. The lowest BCUT2D eigenvalue weighted by atomic mass is 10.1. The van der Waals surface area contributed by atoms with E-state index in [4.69, 9.17) is 10.00 Å². The third-order valence-electron chi connectivity index (χ3n) is 4.39. The Kier molecular flexibility index (Phi) is 6.55. The summed E-state index contributed by atoms with van der Waals surface area (Å²) in [4.78, 5) is 37.3. The Bertz CT molecular complexity index is 1190. The van der Waals surface area contributed by atoms with Crippen molar-refractivity contribution >= 4 is 28.3 Å². The van der Waals surface area contributed by atoms with Crippen LogP contribution in [0.5, 0.6) is 0 Å². The first-order valence-electron chi connectivity index (χ1n) is 9.50. The van der Waals surface area contributed by atoms with Gasteiger partial charge >= 0.3 is 5.97 Å². The number of ether oxygens (including phenoxy) is 1. The van der Waals surface area contributed by atoms with Gasteiger partial charge in [-0.05, 0) is 30.7 Å². The number of aryl methyl sites for hydroxylation is 1. The summed E-state index contributed by atoms with van der Waals surface area (Å²) in [5.41, 5.74) is 0.535. The zero-order valence-corrected chi connectivity index (χ0v) is 16.4. The number of amides is 1. The summed E-state index contributed by atoms with van der Waals surface area (Å²) < 4.78 is 6.39. The van der Waals surface area contributed by atoms with E-state index in [0.29, 0.717) is 28.6 Å². The molecule has 1 amide bonds. The molecule has 1 heterocycles. The molecule has 0 saturated carbocycles. The summed E-state index contributed by atoms with van der Waals surface area (Å²) in [7, 11) is 0. The number of hydrogen-bond acceptors (Lipinski definition) is 6. The average molecular weight is 404 g/mol. The molecular weight excluding hydrogens is 384 g/mol. The van der Waals surface area contributed by atoms with Gasteiger partial charge in [0.25, 0.3) is 11.5 Å². The van der Waals surface area contributed by atoms with Gasteiger partial charge in [0, 0.05) is 17.6 Å². The highest BCUT2D eigenvalue weighted by molar-refractivity contribution is 6.03. The van der Waals surface area contributed by atoms with Crippen LogP contribution < -0.4 is 10.9 Å². The lowest BCUT2D eigenvalue weighted by molar-refractivity contribution is -0.119. The first-order chi connectivity index (χ1) is 14.5. The van der Waals surface area contributed by atoms with Crippen molar-refractivity contribution in [2.24, 2.45) is 0 Å². The van der Waals surface area contributed by atoms with Crippen molar-refractivity contribution in [3.05, 3.63) is 70.1 Å². The fourth-order valence-electron chi connectivity index (χ4n) is 2.91. The summed E-state index contributed by atoms with van der Waals surface area (Å²) >= 11 is 0. The molecule has 0 unspecified atom stereocenters. The summed E-state index contributed by atoms with van der Waals surface area (Å²) in [5, 5.41) is 16.4. The van der Waals surface area contributed by atoms with E-state index >= 15 is 0 Å². The smallest absolute Gasteiger partial charge is 0.359 e. The SMILES string of the molecule is CCCCn1nc(C(=O)OCC(=O)Nc2cccc(C#N)c2)c2ccccc2c1=O. The van der Waals surface area contributed by atoms with Crippen LogP contribution in [0.4, 0.5) is 5.69 Å². The molecule has 1 aromatic heterocycles. The minimum Gasteiger partial charge on any atom is -0.451 e. The third kappa shape index (κ3) is 4.70. The normalized spacial score (nSPS) is 10.4. The van der Waals surface area contributed by atoms with Crippen LogP contribution in [-0.2, 0) is 16.1 Å². The van der Waals surface area contributed by atoms with Crippen molar-refractivity contribution in [3.8, 4) is 6.07 Å². The van der Waals surface area contributed by atoms with Gasteiger partial charge in [0.15, 0.2) is 12.3 Å². The summed E-state index contributed by atoms with van der Waals surface area (Å²) in [6.07, 6.45) is 1.61. The molecule has 152 valence electrons. The second kappa shape index (κ2) is 9.47. The van der Waals surface area contributed by atoms with Crippen LogP contribution in [0, 0.1) is 11.3 Å². The number of nitrogens with zero attached hydrogens (tertiary/aromatic N) is 3. The Morgan fingerprint density at radius 2 is 1.93 bits per heavy atom. The van der Waals surface area contributed by atoms with Gasteiger partial charge in [-0.15, -0.1) is 0 Å². The molecule has 0 spiro atoms. The molecular formula is C22H20N4O4. The van der Waals surface area contributed by atoms with Gasteiger partial charge in [-0.2, -0.15) is 10.4 Å². The van der Waals surface area contributed by atoms with Gasteiger partial charge in [-0.25, -0.2) is 9.48 Å². The number of hydrogen-bond donors (Lipinski definition) is 1. The number of carbonyl (C=O) groups excluding carboxylic acids is 2. The summed E-state index contributed by atoms with van der Waals surface area (Å²) in [6, 6.07) is 15.0. The van der Waals surface area contributed by atoms with Crippen LogP contribution in [0.2, 0.25) is 0 Å². The first-order valence-corrected chi connectivity index (χ1v) is 9.50. The number of carbonyl (C=O) groups is 2. The molecule has 1 N–H and O–H groups in total. The van der Waals surface area contributed by atoms with Crippen LogP contribution in [-0.4, -0.2) is 28.3 Å². The number of aromatic nitrogens is 2. The minimum atomic E-state index is -0.794. The van der Waals surface area contributed by atoms with E-state index in [0.717, 1.165) is 12.8 Å². The average Bonchev–Trinajstić information content (AvgIpc) is 2.77. The summed E-state index contributed by atoms with van der Waals surface area (Å²) in [5.74, 6) is -1.35. The quantitative estimate of drug-likeness (QED) is 0.606. The predicted molar refractivity (Wildman–Crippen MR) is 111 cm³/mol. The second-order valence-corrected chi connectivity index (χ2v) is 6.59. The molecule has 3 aromatic rings. The molecule has 0 atom stereocenters. The predicted octanol–water partition coefficient (Wildman–Crippen LogP) is 2.86. The van der Waals surface area contributed by atoms with Gasteiger partial charge in [0.1, 0.15) is 0 Å². The summed E-state index contributed by atoms with van der Waals surface area (Å²) in [6.45, 7) is 1.85. The molecule has 0 fully saturated rings. The van der Waals surface area contributed by atoms with E-state index in [-0.39, 0.29) is 11.3 Å². The second-order valence-electron chi connectivity index (χ2n) is 6.59. The van der Waals surface area contributed by atoms with Crippen molar-refractivity contribution in [1.29, 1.82) is 5.26 Å². The van der Waals surface area contributed by atoms with Gasteiger partial charge in [-0.1, -0.05) is 37.6 Å². The Morgan fingerprint density at radius 3 is 2.67 bits per heavy atom. The topological polar surface area (TPSA) is 114 Å². The molecule has 30 heavy (non-hydrogen) atoms. The number of fused-ring (bicyclic) bond motifs is 1. The zero-order chi connectivity index (χ0) is 21.5. The lowest BCUT2D eigenvalue weighted by Crippen LogP contribution is -2.27. The largest absolute Gasteiger partial charge is 0.451 e. The molecule has 8 nitrogen and oxygen atoms in total. The Hall–Kier alpha value is -3.99. The number of nitrogens with one attached hydrogen (secondary N) is 1. The maximum Gasteiger partial charge on any atom is 0.359 e. The molecule has 2 aromatic carbocycles. The van der Waals surface area contributed by atoms with Gasteiger partial charge in [-0.3, -0.25) is 9.59 Å². The van der Waals surface area contributed by atoms with Crippen LogP contribution in [0.25, 0.3) is 10.8 Å². The highest BCUT2D eigenvalue weighted by Gasteiger charge is 2.19. The van der Waals surface area contributed by atoms with Gasteiger partial charge in [0.05, 0.1) is 17.0 Å². The highest BCUT2D eigenvalue weighted by atomic mass is 16.5. The standard InChI is InChI=1S/C22H20N4O4/c1-2-3-11-26-21(28)18-10-5-4-9-17(18)20(25-26)22(29)30-14-19(27)24-16-8-6-7-15(12-16)13-23/h4-10,12H,2-3,11,14H2,1H3,(H,24,27). The Labute approximate surface area is 172 Å². The van der Waals surface area contributed by atoms with Crippen molar-refractivity contribution in [2.75, 3.05) is 11.9 Å². The van der Waals surface area contributed by atoms with Gasteiger partial charge < -0.3 is 10.1 Å². The monoisotopic (exact) mass is 404 g/mol. The van der Waals surface area contributed by atoms with E-state index in [1.807, 2.05) is 13.0 Å². The van der Waals surface area contributed by atoms with Crippen LogP contribution in [0.15, 0.2) is 53.3 Å². The third-order valence-corrected chi connectivity index (χ3v) is 4.39. The van der Waals surface area contributed by atoms with E-state index < -0.39 is 18.5 Å². The molecule has 0 aliphatic rings. The molecule has 0 radical (unpaired) electrons. The van der Waals surface area contributed by atoms with E-state index in [1.165, 1.54) is 10.7 Å². The number of rotatable bonds is 7. The molecule has 0 aliphatic heterocycles. The maximum absolute atomic E-state index is 12.6. The van der Waals surface area contributed by atoms with E-state index in [1.54, 1.807) is 42.5 Å². The Balaban J connectivity index is 1.77. The van der Waals surface area contributed by atoms with Crippen molar-refractivity contribution in [3.63, 3.8) is 0 Å². The van der Waals surface area contributed by atoms with E-state index in [9.17, 15) is 14.4 Å². The number of anilines is 1. The zero-order valence-electron chi connectivity index (χ0n) is 16.4. The molecule has 0 saturated heterocycles. The number of benzene rings is 2. The lowest BCUT2D eigenvalue weighted by Gasteiger charge is -2.11. The Morgan fingerprint density at radius 1 is 1.17 bits per heavy atom. The van der Waals surface area contributed by atoms with Crippen molar-refractivity contribution in [1.82, 2.24) is 9.78 Å². The molecule has 3 rings (SSSR count).